The summed E-state index contributed by atoms with van der Waals surface area (Å²) in [5.41, 5.74) is 5.84. The van der Waals surface area contributed by atoms with Gasteiger partial charge in [0.25, 0.3) is 12.0 Å². The van der Waals surface area contributed by atoms with Gasteiger partial charge in [-0.15, -0.1) is 0 Å². The molecule has 0 saturated carbocycles. The molecule has 1 aliphatic rings. The van der Waals surface area contributed by atoms with Gasteiger partial charge in [0.2, 0.25) is 5.95 Å². The van der Waals surface area contributed by atoms with E-state index in [0.29, 0.717) is 12.8 Å². The number of carbonyl (C=O) groups is 2. The van der Waals surface area contributed by atoms with Crippen LogP contribution in [-0.2, 0) is 30.8 Å². The van der Waals surface area contributed by atoms with E-state index < -0.39 is 6.41 Å². The molecule has 0 bridgehead atoms. The quantitative estimate of drug-likeness (QED) is 0.155. The monoisotopic (exact) mass is 523 g/mol. The van der Waals surface area contributed by atoms with Gasteiger partial charge in [0.15, 0.2) is 5.82 Å². The molecule has 210 valence electrons. The lowest BCUT2D eigenvalue weighted by atomic mass is 10.1. The Labute approximate surface area is 220 Å². The lowest BCUT2D eigenvalue weighted by Crippen LogP contribution is -2.41. The molecule has 0 saturated heterocycles. The summed E-state index contributed by atoms with van der Waals surface area (Å²) in [5, 5.41) is 2.99. The molecule has 0 aromatic carbocycles. The van der Waals surface area contributed by atoms with E-state index in [1.165, 1.54) is 24.5 Å². The van der Waals surface area contributed by atoms with Gasteiger partial charge in [-0.1, -0.05) is 65.2 Å². The fourth-order valence-corrected chi connectivity index (χ4v) is 3.99. The molecule has 0 fully saturated rings. The van der Waals surface area contributed by atoms with Crippen molar-refractivity contribution in [1.82, 2.24) is 9.55 Å². The summed E-state index contributed by atoms with van der Waals surface area (Å²) < 4.78 is 18.1. The molecular weight excluding hydrogens is 478 g/mol. The number of esters is 2. The van der Waals surface area contributed by atoms with Gasteiger partial charge in [-0.3, -0.25) is 23.9 Å². The summed E-state index contributed by atoms with van der Waals surface area (Å²) in [6.07, 6.45) is 10.4. The van der Waals surface area contributed by atoms with E-state index >= 15 is 0 Å². The predicted octanol–water partition coefficient (Wildman–Crippen LogP) is 4.05. The van der Waals surface area contributed by atoms with Crippen LogP contribution in [0.4, 0.5) is 17.5 Å². The minimum absolute atomic E-state index is 0.0417. The van der Waals surface area contributed by atoms with E-state index in [0.717, 1.165) is 51.4 Å². The maximum absolute atomic E-state index is 12.6. The van der Waals surface area contributed by atoms with Crippen LogP contribution in [0, 0.1) is 0 Å². The second kappa shape index (κ2) is 16.8. The van der Waals surface area contributed by atoms with E-state index in [4.69, 9.17) is 19.9 Å². The van der Waals surface area contributed by atoms with E-state index in [9.17, 15) is 14.4 Å². The maximum atomic E-state index is 12.6. The van der Waals surface area contributed by atoms with Crippen molar-refractivity contribution in [2.24, 2.45) is 7.05 Å². The fourth-order valence-electron chi connectivity index (χ4n) is 3.99. The molecule has 2 rings (SSSR count). The molecule has 11 heteroatoms. The number of aromatic nitrogens is 2. The highest BCUT2D eigenvalue weighted by molar-refractivity contribution is 5.73. The van der Waals surface area contributed by atoms with Gasteiger partial charge >= 0.3 is 11.9 Å². The summed E-state index contributed by atoms with van der Waals surface area (Å²) in [4.78, 5) is 42.9. The SMILES string of the molecule is CCCCCCCC(=O)OCCCOC(OC(=O)CCCCCCC)N1CNc2c1nc(N)n(C)c2=O. The van der Waals surface area contributed by atoms with E-state index in [1.807, 2.05) is 0 Å². The zero-order chi connectivity index (χ0) is 27.0. The van der Waals surface area contributed by atoms with Crippen molar-refractivity contribution < 1.29 is 23.8 Å². The van der Waals surface area contributed by atoms with E-state index in [1.54, 1.807) is 4.90 Å². The zero-order valence-electron chi connectivity index (χ0n) is 22.8. The topological polar surface area (TPSA) is 138 Å². The Hall–Kier alpha value is -2.82. The van der Waals surface area contributed by atoms with Gasteiger partial charge in [-0.05, 0) is 12.8 Å². The third-order valence-electron chi connectivity index (χ3n) is 6.27. The van der Waals surface area contributed by atoms with Crippen molar-refractivity contribution in [1.29, 1.82) is 0 Å². The standard InChI is InChI=1S/C26H45N5O6/c1-4-6-8-10-12-15-20(32)35-17-14-18-36-26(37-21(33)16-13-11-9-7-5-2)31-19-28-22-23(31)29-25(27)30(3)24(22)34/h26,28H,4-19H2,1-3H3,(H2,27,29). The Bertz CT molecular complexity index is 906. The number of carbonyl (C=O) groups excluding carboxylic acids is 2. The molecule has 0 amide bonds. The summed E-state index contributed by atoms with van der Waals surface area (Å²) in [6, 6.07) is 0. The number of nitrogens with one attached hydrogen (secondary N) is 1. The van der Waals surface area contributed by atoms with Crippen LogP contribution in [0.2, 0.25) is 0 Å². The molecule has 3 N–H and O–H groups in total. The first-order valence-electron chi connectivity index (χ1n) is 13.7. The molecule has 0 spiro atoms. The van der Waals surface area contributed by atoms with Gasteiger partial charge < -0.3 is 25.3 Å². The second-order valence-electron chi connectivity index (χ2n) is 9.41. The molecule has 1 atom stereocenters. The van der Waals surface area contributed by atoms with E-state index in [-0.39, 0.29) is 61.3 Å². The van der Waals surface area contributed by atoms with Crippen LogP contribution in [0.5, 0.6) is 0 Å². The molecule has 0 aliphatic carbocycles. The van der Waals surface area contributed by atoms with Crippen molar-refractivity contribution in [3.05, 3.63) is 10.4 Å². The third kappa shape index (κ3) is 10.2. The first-order valence-corrected chi connectivity index (χ1v) is 13.7. The normalized spacial score (nSPS) is 13.2. The number of fused-ring (bicyclic) bond motifs is 1. The van der Waals surface area contributed by atoms with Crippen LogP contribution >= 0.6 is 0 Å². The summed E-state index contributed by atoms with van der Waals surface area (Å²) in [6.45, 7) is 4.86. The highest BCUT2D eigenvalue weighted by Crippen LogP contribution is 2.29. The molecule has 2 heterocycles. The van der Waals surface area contributed by atoms with Crippen molar-refractivity contribution >= 4 is 29.4 Å². The smallest absolute Gasteiger partial charge is 0.309 e. The average Bonchev–Trinajstić information content (AvgIpc) is 3.29. The van der Waals surface area contributed by atoms with Crippen molar-refractivity contribution in [3.63, 3.8) is 0 Å². The van der Waals surface area contributed by atoms with Crippen LogP contribution in [0.3, 0.4) is 0 Å². The molecular formula is C26H45N5O6. The molecule has 0 radical (unpaired) electrons. The maximum Gasteiger partial charge on any atom is 0.309 e. The first kappa shape index (κ1) is 30.4. The highest BCUT2D eigenvalue weighted by atomic mass is 16.7. The molecule has 1 aromatic rings. The lowest BCUT2D eigenvalue weighted by molar-refractivity contribution is -0.179. The Kier molecular flexibility index (Phi) is 13.8. The number of hydrogen-bond donors (Lipinski definition) is 2. The summed E-state index contributed by atoms with van der Waals surface area (Å²) in [5.74, 6) is -0.284. The van der Waals surface area contributed by atoms with Gasteiger partial charge in [-0.2, -0.15) is 4.98 Å². The summed E-state index contributed by atoms with van der Waals surface area (Å²) in [7, 11) is 1.54. The van der Waals surface area contributed by atoms with Crippen LogP contribution < -0.4 is 21.5 Å². The van der Waals surface area contributed by atoms with Crippen molar-refractivity contribution in [2.75, 3.05) is 35.8 Å². The van der Waals surface area contributed by atoms with Gasteiger partial charge in [0, 0.05) is 26.3 Å². The Morgan fingerprint density at radius 2 is 1.57 bits per heavy atom. The number of rotatable bonds is 19. The predicted molar refractivity (Wildman–Crippen MR) is 143 cm³/mol. The van der Waals surface area contributed by atoms with Gasteiger partial charge in [0.1, 0.15) is 5.69 Å². The van der Waals surface area contributed by atoms with E-state index in [2.05, 4.69) is 24.1 Å². The third-order valence-corrected chi connectivity index (χ3v) is 6.27. The molecule has 37 heavy (non-hydrogen) atoms. The number of nitrogens with two attached hydrogens (primary N) is 1. The number of nitrogen functional groups attached to an aromatic ring is 1. The van der Waals surface area contributed by atoms with Crippen molar-refractivity contribution in [2.45, 2.75) is 104 Å². The number of anilines is 3. The Morgan fingerprint density at radius 1 is 0.946 bits per heavy atom. The minimum atomic E-state index is -1.09. The largest absolute Gasteiger partial charge is 0.466 e. The Morgan fingerprint density at radius 3 is 2.22 bits per heavy atom. The molecule has 1 aromatic heterocycles. The first-order chi connectivity index (χ1) is 17.9. The number of ether oxygens (including phenoxy) is 3. The van der Waals surface area contributed by atoms with Crippen LogP contribution in [0.15, 0.2) is 4.79 Å². The van der Waals surface area contributed by atoms with Gasteiger partial charge in [0.05, 0.1) is 19.9 Å². The highest BCUT2D eigenvalue weighted by Gasteiger charge is 2.33. The fraction of sp³-hybridized carbons (Fsp3) is 0.769. The van der Waals surface area contributed by atoms with Crippen LogP contribution in [0.25, 0.3) is 0 Å². The second-order valence-corrected chi connectivity index (χ2v) is 9.41. The molecule has 1 unspecified atom stereocenters. The van der Waals surface area contributed by atoms with Crippen molar-refractivity contribution in [3.8, 4) is 0 Å². The Balaban J connectivity index is 1.89. The number of nitrogens with zero attached hydrogens (tertiary/aromatic N) is 3. The van der Waals surface area contributed by atoms with Gasteiger partial charge in [-0.25, -0.2) is 0 Å². The van der Waals surface area contributed by atoms with Crippen LogP contribution in [-0.4, -0.2) is 47.8 Å². The van der Waals surface area contributed by atoms with Crippen LogP contribution in [0.1, 0.15) is 97.3 Å². The molecule has 11 nitrogen and oxygen atoms in total. The number of unbranched alkanes of at least 4 members (excludes halogenated alkanes) is 8. The lowest BCUT2D eigenvalue weighted by Gasteiger charge is -2.27. The minimum Gasteiger partial charge on any atom is -0.466 e. The summed E-state index contributed by atoms with van der Waals surface area (Å²) >= 11 is 0. The number of hydrogen-bond acceptors (Lipinski definition) is 10. The zero-order valence-corrected chi connectivity index (χ0v) is 22.8. The average molecular weight is 524 g/mol. The molecule has 1 aliphatic heterocycles.